The molecule has 0 radical (unpaired) electrons. The van der Waals surface area contributed by atoms with Gasteiger partial charge in [-0.25, -0.2) is 14.2 Å². The van der Waals surface area contributed by atoms with E-state index in [1.165, 1.54) is 12.3 Å². The number of halogens is 2. The van der Waals surface area contributed by atoms with Crippen molar-refractivity contribution in [1.29, 1.82) is 0 Å². The SMILES string of the molecule is CCOC(=O)c1nn(C2CC2CCNc2ccccc2F)cc1Oc1ccnc(Cl)c1. The Labute approximate surface area is 184 Å². The quantitative estimate of drug-likeness (QED) is 0.365. The number of anilines is 1. The molecule has 2 atom stereocenters. The number of pyridine rings is 1. The Bertz CT molecular complexity index is 1070. The average Bonchev–Trinajstić information content (AvgIpc) is 3.40. The van der Waals surface area contributed by atoms with E-state index in [1.54, 1.807) is 48.1 Å². The highest BCUT2D eigenvalue weighted by molar-refractivity contribution is 6.29. The molecule has 1 aliphatic carbocycles. The van der Waals surface area contributed by atoms with E-state index >= 15 is 0 Å². The number of hydrogen-bond acceptors (Lipinski definition) is 6. The van der Waals surface area contributed by atoms with E-state index in [9.17, 15) is 9.18 Å². The molecule has 7 nitrogen and oxygen atoms in total. The van der Waals surface area contributed by atoms with Gasteiger partial charge in [0.15, 0.2) is 5.75 Å². The molecule has 2 heterocycles. The Morgan fingerprint density at radius 1 is 1.35 bits per heavy atom. The number of carbonyl (C=O) groups is 1. The third-order valence-electron chi connectivity index (χ3n) is 5.02. The maximum absolute atomic E-state index is 13.7. The van der Waals surface area contributed by atoms with Crippen molar-refractivity contribution in [3.63, 3.8) is 0 Å². The molecule has 162 valence electrons. The van der Waals surface area contributed by atoms with Crippen LogP contribution >= 0.6 is 11.6 Å². The van der Waals surface area contributed by atoms with Crippen LogP contribution in [-0.4, -0.2) is 33.9 Å². The molecular weight excluding hydrogens is 423 g/mol. The van der Waals surface area contributed by atoms with Gasteiger partial charge < -0.3 is 14.8 Å². The Morgan fingerprint density at radius 3 is 2.97 bits per heavy atom. The molecule has 1 saturated carbocycles. The molecule has 3 aromatic rings. The molecule has 2 aromatic heterocycles. The molecule has 1 N–H and O–H groups in total. The predicted molar refractivity (Wildman–Crippen MR) is 114 cm³/mol. The van der Waals surface area contributed by atoms with Crippen LogP contribution in [-0.2, 0) is 4.74 Å². The second kappa shape index (κ2) is 9.34. The number of ether oxygens (including phenoxy) is 2. The van der Waals surface area contributed by atoms with Crippen molar-refractivity contribution < 1.29 is 18.7 Å². The van der Waals surface area contributed by atoms with E-state index < -0.39 is 5.97 Å². The van der Waals surface area contributed by atoms with Gasteiger partial charge in [-0.1, -0.05) is 23.7 Å². The van der Waals surface area contributed by atoms with Crippen LogP contribution in [0.5, 0.6) is 11.5 Å². The van der Waals surface area contributed by atoms with E-state index in [1.807, 2.05) is 0 Å². The molecule has 0 spiro atoms. The van der Waals surface area contributed by atoms with Gasteiger partial charge in [0.2, 0.25) is 5.69 Å². The second-order valence-corrected chi connectivity index (χ2v) is 7.60. The summed E-state index contributed by atoms with van der Waals surface area (Å²) in [5.74, 6) is 0.314. The zero-order valence-electron chi connectivity index (χ0n) is 16.9. The average molecular weight is 445 g/mol. The fourth-order valence-corrected chi connectivity index (χ4v) is 3.56. The lowest BCUT2D eigenvalue weighted by atomic mass is 10.2. The van der Waals surface area contributed by atoms with Gasteiger partial charge >= 0.3 is 5.97 Å². The Balaban J connectivity index is 1.42. The van der Waals surface area contributed by atoms with Gasteiger partial charge in [-0.3, -0.25) is 4.68 Å². The van der Waals surface area contributed by atoms with Gasteiger partial charge in [0, 0.05) is 18.8 Å². The lowest BCUT2D eigenvalue weighted by molar-refractivity contribution is 0.0515. The Hall–Kier alpha value is -3.13. The van der Waals surface area contributed by atoms with Crippen molar-refractivity contribution in [2.45, 2.75) is 25.8 Å². The standard InChI is InChI=1S/C22H22ClFN4O3/c1-2-30-22(29)21-19(31-15-8-10-26-20(23)12-15)13-28(27-21)18-11-14(18)7-9-25-17-6-4-3-5-16(17)24/h3-6,8,10,12-14,18,25H,2,7,9,11H2,1H3. The van der Waals surface area contributed by atoms with Crippen molar-refractivity contribution >= 4 is 23.3 Å². The van der Waals surface area contributed by atoms with Crippen LogP contribution in [0, 0.1) is 11.7 Å². The van der Waals surface area contributed by atoms with Crippen molar-refractivity contribution in [2.75, 3.05) is 18.5 Å². The summed E-state index contributed by atoms with van der Waals surface area (Å²) >= 11 is 5.92. The molecule has 0 amide bonds. The third-order valence-corrected chi connectivity index (χ3v) is 5.23. The van der Waals surface area contributed by atoms with Gasteiger partial charge in [0.25, 0.3) is 0 Å². The lowest BCUT2D eigenvalue weighted by Crippen LogP contribution is -2.08. The summed E-state index contributed by atoms with van der Waals surface area (Å²) in [6.45, 7) is 2.62. The van der Waals surface area contributed by atoms with Crippen LogP contribution in [0.15, 0.2) is 48.8 Å². The highest BCUT2D eigenvalue weighted by atomic mass is 35.5. The first kappa shape index (κ1) is 21.1. The van der Waals surface area contributed by atoms with E-state index in [0.29, 0.717) is 29.6 Å². The summed E-state index contributed by atoms with van der Waals surface area (Å²) in [4.78, 5) is 16.3. The monoisotopic (exact) mass is 444 g/mol. The first-order valence-corrected chi connectivity index (χ1v) is 10.5. The molecule has 2 unspecified atom stereocenters. The summed E-state index contributed by atoms with van der Waals surface area (Å²) in [6.07, 6.45) is 4.99. The Kier molecular flexibility index (Phi) is 6.36. The first-order chi connectivity index (χ1) is 15.0. The van der Waals surface area contributed by atoms with E-state index in [0.717, 1.165) is 12.8 Å². The van der Waals surface area contributed by atoms with Crippen LogP contribution in [0.25, 0.3) is 0 Å². The zero-order valence-corrected chi connectivity index (χ0v) is 17.7. The van der Waals surface area contributed by atoms with Crippen LogP contribution < -0.4 is 10.1 Å². The molecule has 4 rings (SSSR count). The number of nitrogens with zero attached hydrogens (tertiary/aromatic N) is 3. The second-order valence-electron chi connectivity index (χ2n) is 7.22. The highest BCUT2D eigenvalue weighted by Crippen LogP contribution is 2.46. The maximum Gasteiger partial charge on any atom is 0.362 e. The van der Waals surface area contributed by atoms with Crippen LogP contribution in [0.3, 0.4) is 0 Å². The molecule has 1 fully saturated rings. The zero-order chi connectivity index (χ0) is 21.8. The molecule has 0 bridgehead atoms. The largest absolute Gasteiger partial charge is 0.461 e. The third kappa shape index (κ3) is 5.14. The first-order valence-electron chi connectivity index (χ1n) is 10.1. The molecule has 1 aromatic carbocycles. The number of rotatable bonds is 9. The highest BCUT2D eigenvalue weighted by Gasteiger charge is 2.40. The predicted octanol–water partition coefficient (Wildman–Crippen LogP) is 5.10. The fourth-order valence-electron chi connectivity index (χ4n) is 3.40. The number of nitrogens with one attached hydrogen (secondary N) is 1. The van der Waals surface area contributed by atoms with Crippen molar-refractivity contribution in [3.05, 3.63) is 65.5 Å². The summed E-state index contributed by atoms with van der Waals surface area (Å²) in [5.41, 5.74) is 0.611. The topological polar surface area (TPSA) is 78.3 Å². The fraction of sp³-hybridized carbons (Fsp3) is 0.318. The van der Waals surface area contributed by atoms with Crippen molar-refractivity contribution in [1.82, 2.24) is 14.8 Å². The molecular formula is C22H22ClFN4O3. The van der Waals surface area contributed by atoms with Gasteiger partial charge in [0.05, 0.1) is 24.5 Å². The minimum absolute atomic E-state index is 0.116. The minimum Gasteiger partial charge on any atom is -0.461 e. The number of para-hydroxylation sites is 1. The molecule has 1 aliphatic rings. The van der Waals surface area contributed by atoms with E-state index in [4.69, 9.17) is 21.1 Å². The summed E-state index contributed by atoms with van der Waals surface area (Å²) in [5, 5.41) is 7.84. The number of aromatic nitrogens is 3. The van der Waals surface area contributed by atoms with Crippen molar-refractivity contribution in [3.8, 4) is 11.5 Å². The lowest BCUT2D eigenvalue weighted by Gasteiger charge is -2.07. The van der Waals surface area contributed by atoms with Crippen LogP contribution in [0.1, 0.15) is 36.3 Å². The summed E-state index contributed by atoms with van der Waals surface area (Å²) in [7, 11) is 0. The molecule has 31 heavy (non-hydrogen) atoms. The number of esters is 1. The molecule has 0 aliphatic heterocycles. The minimum atomic E-state index is -0.546. The number of carbonyl (C=O) groups excluding carboxylic acids is 1. The smallest absolute Gasteiger partial charge is 0.362 e. The molecule has 9 heteroatoms. The van der Waals surface area contributed by atoms with Gasteiger partial charge in [-0.15, -0.1) is 0 Å². The van der Waals surface area contributed by atoms with E-state index in [-0.39, 0.29) is 29.3 Å². The number of benzene rings is 1. The van der Waals surface area contributed by atoms with E-state index in [2.05, 4.69) is 15.4 Å². The summed E-state index contributed by atoms with van der Waals surface area (Å²) in [6, 6.07) is 9.95. The van der Waals surface area contributed by atoms with Crippen molar-refractivity contribution in [2.24, 2.45) is 5.92 Å². The number of hydrogen-bond donors (Lipinski definition) is 1. The summed E-state index contributed by atoms with van der Waals surface area (Å²) < 4.78 is 26.4. The van der Waals surface area contributed by atoms with Crippen LogP contribution in [0.4, 0.5) is 10.1 Å². The maximum atomic E-state index is 13.7. The van der Waals surface area contributed by atoms with Gasteiger partial charge in [-0.05, 0) is 43.9 Å². The molecule has 0 saturated heterocycles. The normalized spacial score (nSPS) is 17.3. The van der Waals surface area contributed by atoms with Gasteiger partial charge in [-0.2, -0.15) is 5.10 Å². The van der Waals surface area contributed by atoms with Crippen LogP contribution in [0.2, 0.25) is 5.15 Å². The van der Waals surface area contributed by atoms with Gasteiger partial charge in [0.1, 0.15) is 16.7 Å². The Morgan fingerprint density at radius 2 is 2.19 bits per heavy atom.